The maximum atomic E-state index is 14.2. The number of hydrogen-bond donors (Lipinski definition) is 1. The second kappa shape index (κ2) is 12.6. The number of ether oxygens (including phenoxy) is 3. The number of carbonyl (C=O) groups excluding carboxylic acids is 1. The molecule has 1 aliphatic heterocycles. The molecule has 43 heavy (non-hydrogen) atoms. The Balaban J connectivity index is 1.69. The van der Waals surface area contributed by atoms with Crippen LogP contribution in [0.25, 0.3) is 10.9 Å². The zero-order chi connectivity index (χ0) is 30.7. The highest BCUT2D eigenvalue weighted by atomic mass is 19.1. The van der Waals surface area contributed by atoms with Gasteiger partial charge in [0.2, 0.25) is 0 Å². The predicted molar refractivity (Wildman–Crippen MR) is 164 cm³/mol. The molecule has 1 unspecified atom stereocenters. The first kappa shape index (κ1) is 29.6. The Morgan fingerprint density at radius 2 is 1.58 bits per heavy atom. The topological polar surface area (TPSA) is 101 Å². The number of rotatable bonds is 8. The summed E-state index contributed by atoms with van der Waals surface area (Å²) in [4.78, 5) is 36.9. The van der Waals surface area contributed by atoms with E-state index in [2.05, 4.69) is 10.2 Å². The van der Waals surface area contributed by atoms with Crippen LogP contribution in [-0.4, -0.2) is 75.1 Å². The van der Waals surface area contributed by atoms with Crippen molar-refractivity contribution in [3.8, 4) is 17.2 Å². The van der Waals surface area contributed by atoms with Gasteiger partial charge >= 0.3 is 6.03 Å². The molecule has 226 valence electrons. The maximum Gasteiger partial charge on any atom is 0.327 e. The number of anilines is 2. The third kappa shape index (κ3) is 6.05. The Morgan fingerprint density at radius 3 is 2.23 bits per heavy atom. The average molecular weight is 591 g/mol. The van der Waals surface area contributed by atoms with Crippen LogP contribution in [0.15, 0.2) is 65.5 Å². The van der Waals surface area contributed by atoms with Crippen molar-refractivity contribution < 1.29 is 23.4 Å². The van der Waals surface area contributed by atoms with E-state index >= 15 is 0 Å². The van der Waals surface area contributed by atoms with Gasteiger partial charge < -0.3 is 29.4 Å². The molecular formula is C31H35FN6O5. The Morgan fingerprint density at radius 1 is 0.930 bits per heavy atom. The van der Waals surface area contributed by atoms with Crippen molar-refractivity contribution in [2.75, 3.05) is 69.8 Å². The number of urea groups is 1. The number of nitrogens with zero attached hydrogens (tertiary/aromatic N) is 5. The van der Waals surface area contributed by atoms with E-state index in [-0.39, 0.29) is 5.56 Å². The minimum atomic E-state index is -0.776. The van der Waals surface area contributed by atoms with E-state index in [1.54, 1.807) is 62.2 Å². The van der Waals surface area contributed by atoms with Gasteiger partial charge in [-0.15, -0.1) is 0 Å². The van der Waals surface area contributed by atoms with Gasteiger partial charge in [-0.05, 0) is 68.6 Å². The molecule has 0 radical (unpaired) electrons. The van der Waals surface area contributed by atoms with Gasteiger partial charge in [0.05, 0.1) is 44.0 Å². The monoisotopic (exact) mass is 590 g/mol. The third-order valence-corrected chi connectivity index (χ3v) is 7.56. The fourth-order valence-corrected chi connectivity index (χ4v) is 5.15. The van der Waals surface area contributed by atoms with E-state index in [1.165, 1.54) is 36.3 Å². The lowest BCUT2D eigenvalue weighted by atomic mass is 10.1. The van der Waals surface area contributed by atoms with Crippen LogP contribution in [0.5, 0.6) is 17.2 Å². The van der Waals surface area contributed by atoms with Crippen LogP contribution in [0.2, 0.25) is 0 Å². The molecule has 0 saturated carbocycles. The summed E-state index contributed by atoms with van der Waals surface area (Å²) in [5.41, 5.74) is 1.02. The molecule has 0 spiro atoms. The summed E-state index contributed by atoms with van der Waals surface area (Å²) >= 11 is 0. The Bertz CT molecular complexity index is 1670. The zero-order valence-corrected chi connectivity index (χ0v) is 24.8. The van der Waals surface area contributed by atoms with E-state index in [0.29, 0.717) is 58.4 Å². The summed E-state index contributed by atoms with van der Waals surface area (Å²) in [6, 6.07) is 14.4. The molecule has 1 atom stereocenters. The Hall–Kier alpha value is -4.84. The van der Waals surface area contributed by atoms with Crippen molar-refractivity contribution in [2.24, 2.45) is 0 Å². The zero-order valence-electron chi connectivity index (χ0n) is 24.8. The van der Waals surface area contributed by atoms with E-state index in [0.717, 1.165) is 13.1 Å². The lowest BCUT2D eigenvalue weighted by Gasteiger charge is -2.38. The smallest absolute Gasteiger partial charge is 0.327 e. The number of carbonyl (C=O) groups is 1. The van der Waals surface area contributed by atoms with Gasteiger partial charge in [-0.3, -0.25) is 9.69 Å². The molecule has 12 heteroatoms. The van der Waals surface area contributed by atoms with Crippen molar-refractivity contribution in [3.63, 3.8) is 0 Å². The molecule has 1 saturated heterocycles. The lowest BCUT2D eigenvalue weighted by molar-refractivity contribution is 0.253. The van der Waals surface area contributed by atoms with Gasteiger partial charge in [-0.2, -0.15) is 0 Å². The fourth-order valence-electron chi connectivity index (χ4n) is 5.15. The molecule has 0 aliphatic carbocycles. The molecule has 1 fully saturated rings. The molecule has 11 nitrogen and oxygen atoms in total. The number of benzene rings is 3. The van der Waals surface area contributed by atoms with E-state index in [1.807, 2.05) is 12.1 Å². The second-order valence-corrected chi connectivity index (χ2v) is 10.2. The first-order valence-corrected chi connectivity index (χ1v) is 13.9. The molecule has 2 amide bonds. The molecule has 1 aliphatic rings. The Kier molecular flexibility index (Phi) is 8.67. The molecule has 0 bridgehead atoms. The van der Waals surface area contributed by atoms with Gasteiger partial charge in [0.15, 0.2) is 5.82 Å². The van der Waals surface area contributed by atoms with Gasteiger partial charge in [-0.1, -0.05) is 0 Å². The number of halogens is 1. The molecule has 1 aromatic heterocycles. The summed E-state index contributed by atoms with van der Waals surface area (Å²) in [5, 5.41) is 5.21. The van der Waals surface area contributed by atoms with Gasteiger partial charge in [-0.25, -0.2) is 18.8 Å². The predicted octanol–water partition coefficient (Wildman–Crippen LogP) is 4.24. The largest absolute Gasteiger partial charge is 0.497 e. The molecule has 2 heterocycles. The number of hydrogen-bond acceptors (Lipinski definition) is 8. The highest BCUT2D eigenvalue weighted by Gasteiger charge is 2.32. The molecular weight excluding hydrogens is 555 g/mol. The summed E-state index contributed by atoms with van der Waals surface area (Å²) in [5.74, 6) is 1.40. The van der Waals surface area contributed by atoms with Crippen molar-refractivity contribution >= 4 is 28.3 Å². The lowest BCUT2D eigenvalue weighted by Crippen LogP contribution is -2.55. The second-order valence-electron chi connectivity index (χ2n) is 10.2. The van der Waals surface area contributed by atoms with Crippen LogP contribution in [0.3, 0.4) is 0 Å². The van der Waals surface area contributed by atoms with E-state index in [4.69, 9.17) is 19.2 Å². The normalized spacial score (nSPS) is 14.3. The van der Waals surface area contributed by atoms with Crippen molar-refractivity contribution in [3.05, 3.63) is 82.7 Å². The van der Waals surface area contributed by atoms with Crippen LogP contribution in [0.4, 0.5) is 20.6 Å². The minimum absolute atomic E-state index is 0.268. The highest BCUT2D eigenvalue weighted by molar-refractivity contribution is 6.03. The van der Waals surface area contributed by atoms with Gasteiger partial charge in [0.25, 0.3) is 5.56 Å². The van der Waals surface area contributed by atoms with E-state index in [9.17, 15) is 14.0 Å². The number of methoxy groups -OCH3 is 3. The molecule has 5 rings (SSSR count). The summed E-state index contributed by atoms with van der Waals surface area (Å²) < 4.78 is 31.6. The number of aromatic nitrogens is 2. The van der Waals surface area contributed by atoms with Crippen LogP contribution < -0.4 is 35.0 Å². The van der Waals surface area contributed by atoms with Crippen molar-refractivity contribution in [1.82, 2.24) is 14.6 Å². The first-order chi connectivity index (χ1) is 20.7. The van der Waals surface area contributed by atoms with Gasteiger partial charge in [0, 0.05) is 37.9 Å². The first-order valence-electron chi connectivity index (χ1n) is 13.9. The van der Waals surface area contributed by atoms with Gasteiger partial charge in [0.1, 0.15) is 23.1 Å². The minimum Gasteiger partial charge on any atom is -0.497 e. The van der Waals surface area contributed by atoms with Crippen LogP contribution in [0, 0.1) is 5.82 Å². The standard InChI is InChI=1S/C31H35FN6O5/c1-20(29-34-26-12-10-23(41-3)18-25(26)30(39)38(29)36-16-14-35(2)15-17-36)37(27-13-11-24(42-4)19-28(27)43-5)31(40)33-22-8-6-21(32)7-9-22/h6-13,18-20H,14-17H2,1-5H3,(H,33,40). The number of piperazine rings is 1. The molecule has 1 N–H and O–H groups in total. The van der Waals surface area contributed by atoms with Crippen LogP contribution in [-0.2, 0) is 0 Å². The third-order valence-electron chi connectivity index (χ3n) is 7.56. The molecule has 4 aromatic rings. The summed E-state index contributed by atoms with van der Waals surface area (Å²) in [7, 11) is 6.62. The van der Waals surface area contributed by atoms with Crippen LogP contribution in [0.1, 0.15) is 18.8 Å². The van der Waals surface area contributed by atoms with E-state index < -0.39 is 17.9 Å². The highest BCUT2D eigenvalue weighted by Crippen LogP contribution is 2.37. The maximum absolute atomic E-state index is 14.2. The summed E-state index contributed by atoms with van der Waals surface area (Å²) in [6.07, 6.45) is 0. The van der Waals surface area contributed by atoms with Crippen molar-refractivity contribution in [2.45, 2.75) is 13.0 Å². The Labute approximate surface area is 249 Å². The number of likely N-dealkylation sites (N-methyl/N-ethyl adjacent to an activating group) is 1. The molecule has 3 aromatic carbocycles. The number of fused-ring (bicyclic) bond motifs is 1. The number of amides is 2. The van der Waals surface area contributed by atoms with Crippen molar-refractivity contribution in [1.29, 1.82) is 0 Å². The quantitative estimate of drug-likeness (QED) is 0.325. The average Bonchev–Trinajstić information content (AvgIpc) is 3.02. The summed E-state index contributed by atoms with van der Waals surface area (Å²) in [6.45, 7) is 4.47. The van der Waals surface area contributed by atoms with Crippen LogP contribution >= 0.6 is 0 Å². The fraction of sp³-hybridized carbons (Fsp3) is 0.323. The number of nitrogens with one attached hydrogen (secondary N) is 1. The SMILES string of the molecule is COc1ccc(N(C(=O)Nc2ccc(F)cc2)C(C)c2nc3ccc(OC)cc3c(=O)n2N2CCN(C)CC2)c(OC)c1.